The largest absolute Gasteiger partial charge is 0.480 e. The fraction of sp³-hybridized carbons (Fsp3) is 0.667. The highest BCUT2D eigenvalue weighted by Gasteiger charge is 2.27. The van der Waals surface area contributed by atoms with E-state index in [2.05, 4.69) is 5.10 Å². The highest BCUT2D eigenvalue weighted by molar-refractivity contribution is 5.72. The molecule has 1 atom stereocenters. The molecule has 1 unspecified atom stereocenters. The fourth-order valence-corrected chi connectivity index (χ4v) is 2.36. The van der Waals surface area contributed by atoms with Crippen LogP contribution >= 0.6 is 0 Å². The number of carbonyl (C=O) groups is 1. The van der Waals surface area contributed by atoms with E-state index in [0.717, 1.165) is 9.25 Å². The molecule has 1 aliphatic heterocycles. The second-order valence-corrected chi connectivity index (χ2v) is 5.13. The Morgan fingerprint density at radius 1 is 1.19 bits per heavy atom. The number of rotatable bonds is 3. The number of piperazine rings is 1. The van der Waals surface area contributed by atoms with Crippen LogP contribution in [0.2, 0.25) is 0 Å². The molecule has 1 aliphatic rings. The van der Waals surface area contributed by atoms with Crippen LogP contribution in [0.25, 0.3) is 0 Å². The maximum absolute atomic E-state index is 12.1. The van der Waals surface area contributed by atoms with Crippen molar-refractivity contribution in [1.82, 2.24) is 19.2 Å². The third kappa shape index (κ3) is 2.82. The molecular weight excluding hydrogens is 278 g/mol. The number of hydrogen-bond acceptors (Lipinski definition) is 6. The molecule has 1 saturated heterocycles. The molecule has 1 aromatic rings. The maximum Gasteiger partial charge on any atom is 0.346 e. The van der Waals surface area contributed by atoms with Crippen molar-refractivity contribution in [3.05, 3.63) is 20.8 Å². The predicted molar refractivity (Wildman–Crippen MR) is 75.6 cm³/mol. The first-order chi connectivity index (χ1) is 9.82. The van der Waals surface area contributed by atoms with Crippen LogP contribution in [0.5, 0.6) is 0 Å². The van der Waals surface area contributed by atoms with E-state index in [4.69, 9.17) is 5.11 Å². The summed E-state index contributed by atoms with van der Waals surface area (Å²) in [5.74, 6) is -0.637. The molecule has 1 aromatic heterocycles. The van der Waals surface area contributed by atoms with Gasteiger partial charge in [0.1, 0.15) is 6.04 Å². The molecule has 0 aliphatic carbocycles. The summed E-state index contributed by atoms with van der Waals surface area (Å²) in [5, 5.41) is 13.0. The monoisotopic (exact) mass is 297 g/mol. The van der Waals surface area contributed by atoms with E-state index in [-0.39, 0.29) is 5.82 Å². The van der Waals surface area contributed by atoms with Gasteiger partial charge in [0, 0.05) is 40.3 Å². The van der Waals surface area contributed by atoms with Crippen molar-refractivity contribution in [2.45, 2.75) is 13.0 Å². The lowest BCUT2D eigenvalue weighted by atomic mass is 10.2. The van der Waals surface area contributed by atoms with Crippen molar-refractivity contribution in [2.75, 3.05) is 31.1 Å². The Hall–Kier alpha value is -2.16. The molecule has 1 N–H and O–H groups in total. The van der Waals surface area contributed by atoms with Gasteiger partial charge >= 0.3 is 11.7 Å². The summed E-state index contributed by atoms with van der Waals surface area (Å²) in [7, 11) is 2.91. The molecule has 2 heterocycles. The number of hydrogen-bond donors (Lipinski definition) is 1. The minimum Gasteiger partial charge on any atom is -0.480 e. The van der Waals surface area contributed by atoms with Crippen LogP contribution in [0.4, 0.5) is 5.82 Å². The van der Waals surface area contributed by atoms with E-state index < -0.39 is 23.3 Å². The number of carboxylic acids is 1. The van der Waals surface area contributed by atoms with Crippen molar-refractivity contribution in [3.8, 4) is 0 Å². The zero-order valence-electron chi connectivity index (χ0n) is 12.3. The summed E-state index contributed by atoms with van der Waals surface area (Å²) in [6.07, 6.45) is 0. The Morgan fingerprint density at radius 3 is 2.29 bits per heavy atom. The van der Waals surface area contributed by atoms with Crippen LogP contribution in [-0.2, 0) is 18.9 Å². The lowest BCUT2D eigenvalue weighted by molar-refractivity contribution is -0.142. The van der Waals surface area contributed by atoms with Crippen molar-refractivity contribution < 1.29 is 9.90 Å². The second-order valence-electron chi connectivity index (χ2n) is 5.13. The van der Waals surface area contributed by atoms with Gasteiger partial charge in [-0.1, -0.05) is 0 Å². The molecule has 116 valence electrons. The summed E-state index contributed by atoms with van der Waals surface area (Å²) < 4.78 is 2.15. The Kier molecular flexibility index (Phi) is 4.12. The molecule has 0 spiro atoms. The van der Waals surface area contributed by atoms with Crippen molar-refractivity contribution in [2.24, 2.45) is 14.1 Å². The Bertz CT molecular complexity index is 657. The van der Waals surface area contributed by atoms with E-state index in [9.17, 15) is 14.4 Å². The normalized spacial score (nSPS) is 17.8. The Balaban J connectivity index is 2.19. The summed E-state index contributed by atoms with van der Waals surface area (Å²) in [4.78, 5) is 38.3. The fourth-order valence-electron chi connectivity index (χ4n) is 2.36. The van der Waals surface area contributed by atoms with Gasteiger partial charge in [-0.05, 0) is 6.92 Å². The third-order valence-corrected chi connectivity index (χ3v) is 3.82. The van der Waals surface area contributed by atoms with Gasteiger partial charge in [0.15, 0.2) is 0 Å². The minimum atomic E-state index is -0.861. The zero-order chi connectivity index (χ0) is 15.7. The first-order valence-corrected chi connectivity index (χ1v) is 6.69. The number of carboxylic acid groups (broad SMARTS) is 1. The number of nitrogens with zero attached hydrogens (tertiary/aromatic N) is 5. The first kappa shape index (κ1) is 15.2. The SMILES string of the molecule is CC(C(=O)O)N1CCN(c2nn(C)c(=O)n(C)c2=O)CC1. The molecular formula is C12H19N5O4. The first-order valence-electron chi connectivity index (χ1n) is 6.69. The van der Waals surface area contributed by atoms with Crippen LogP contribution in [0.1, 0.15) is 6.92 Å². The summed E-state index contributed by atoms with van der Waals surface area (Å²) in [6.45, 7) is 3.69. The molecule has 9 nitrogen and oxygen atoms in total. The Labute approximate surface area is 121 Å². The van der Waals surface area contributed by atoms with Crippen LogP contribution in [-0.4, -0.2) is 62.5 Å². The molecule has 9 heteroatoms. The average Bonchev–Trinajstić information content (AvgIpc) is 2.48. The van der Waals surface area contributed by atoms with Crippen molar-refractivity contribution in [3.63, 3.8) is 0 Å². The standard InChI is InChI=1S/C12H19N5O4/c1-8(11(19)20)16-4-6-17(7-5-16)9-10(18)14(2)12(21)15(3)13-9/h8H,4-7H2,1-3H3,(H,19,20). The zero-order valence-corrected chi connectivity index (χ0v) is 12.3. The van der Waals surface area contributed by atoms with Gasteiger partial charge in [-0.15, -0.1) is 5.10 Å². The van der Waals surface area contributed by atoms with Gasteiger partial charge in [0.25, 0.3) is 5.56 Å². The number of anilines is 1. The van der Waals surface area contributed by atoms with Crippen LogP contribution in [0.3, 0.4) is 0 Å². The van der Waals surface area contributed by atoms with Gasteiger partial charge in [0.05, 0.1) is 0 Å². The van der Waals surface area contributed by atoms with Crippen LogP contribution < -0.4 is 16.1 Å². The molecule has 2 rings (SSSR count). The van der Waals surface area contributed by atoms with E-state index >= 15 is 0 Å². The lowest BCUT2D eigenvalue weighted by Crippen LogP contribution is -2.54. The van der Waals surface area contributed by atoms with E-state index in [0.29, 0.717) is 26.2 Å². The smallest absolute Gasteiger partial charge is 0.346 e. The molecule has 0 bridgehead atoms. The molecule has 21 heavy (non-hydrogen) atoms. The molecule has 1 fully saturated rings. The van der Waals surface area contributed by atoms with Crippen LogP contribution in [0, 0.1) is 0 Å². The summed E-state index contributed by atoms with van der Waals surface area (Å²) in [6, 6.07) is -0.553. The molecule has 0 amide bonds. The van der Waals surface area contributed by atoms with E-state index in [1.54, 1.807) is 11.8 Å². The molecule has 0 radical (unpaired) electrons. The van der Waals surface area contributed by atoms with E-state index in [1.807, 2.05) is 4.90 Å². The summed E-state index contributed by atoms with van der Waals surface area (Å²) >= 11 is 0. The number of aromatic nitrogens is 3. The quantitative estimate of drug-likeness (QED) is 0.693. The topological polar surface area (TPSA) is 101 Å². The lowest BCUT2D eigenvalue weighted by Gasteiger charge is -2.36. The van der Waals surface area contributed by atoms with Crippen molar-refractivity contribution in [1.29, 1.82) is 0 Å². The van der Waals surface area contributed by atoms with Gasteiger partial charge in [0.2, 0.25) is 5.82 Å². The minimum absolute atomic E-state index is 0.224. The maximum atomic E-state index is 12.1. The van der Waals surface area contributed by atoms with Gasteiger partial charge in [-0.2, -0.15) is 0 Å². The number of aliphatic carboxylic acids is 1. The highest BCUT2D eigenvalue weighted by Crippen LogP contribution is 2.10. The number of aryl methyl sites for hydroxylation is 1. The second kappa shape index (κ2) is 5.68. The summed E-state index contributed by atoms with van der Waals surface area (Å²) in [5.41, 5.74) is -0.903. The predicted octanol–water partition coefficient (Wildman–Crippen LogP) is -1.93. The van der Waals surface area contributed by atoms with Gasteiger partial charge < -0.3 is 10.0 Å². The van der Waals surface area contributed by atoms with Crippen molar-refractivity contribution >= 4 is 11.8 Å². The third-order valence-electron chi connectivity index (χ3n) is 3.82. The molecule has 0 saturated carbocycles. The Morgan fingerprint density at radius 2 is 1.76 bits per heavy atom. The average molecular weight is 297 g/mol. The van der Waals surface area contributed by atoms with Gasteiger partial charge in [-0.3, -0.25) is 19.1 Å². The van der Waals surface area contributed by atoms with Crippen LogP contribution in [0.15, 0.2) is 9.59 Å². The molecule has 0 aromatic carbocycles. The van der Waals surface area contributed by atoms with Gasteiger partial charge in [-0.25, -0.2) is 9.48 Å². The highest BCUT2D eigenvalue weighted by atomic mass is 16.4. The van der Waals surface area contributed by atoms with E-state index in [1.165, 1.54) is 14.1 Å².